The number of piperidine rings is 1. The average Bonchev–Trinajstić information content (AvgIpc) is 3.35. The Balaban J connectivity index is 0.00000132. The van der Waals surface area contributed by atoms with Crippen molar-refractivity contribution in [2.75, 3.05) is 32.1 Å². The van der Waals surface area contributed by atoms with Crippen molar-refractivity contribution in [2.45, 2.75) is 45.7 Å². The Morgan fingerprint density at radius 1 is 1.19 bits per heavy atom. The van der Waals surface area contributed by atoms with Crippen molar-refractivity contribution in [3.8, 4) is 17.3 Å². The van der Waals surface area contributed by atoms with E-state index < -0.39 is 11.9 Å². The lowest BCUT2D eigenvalue weighted by Crippen LogP contribution is -2.41. The molecule has 2 aliphatic rings. The van der Waals surface area contributed by atoms with E-state index in [9.17, 15) is 18.0 Å². The second-order valence-corrected chi connectivity index (χ2v) is 7.40. The number of rotatable bonds is 5. The number of hydrogen-bond donors (Lipinski definition) is 1. The molecule has 11 heteroatoms. The lowest BCUT2D eigenvalue weighted by molar-refractivity contribution is -0.141. The third-order valence-electron chi connectivity index (χ3n) is 5.52. The van der Waals surface area contributed by atoms with Gasteiger partial charge in [0.25, 0.3) is 5.89 Å². The quantitative estimate of drug-likeness (QED) is 0.750. The van der Waals surface area contributed by atoms with Gasteiger partial charge < -0.3 is 19.4 Å². The van der Waals surface area contributed by atoms with Crippen LogP contribution in [0.25, 0.3) is 11.5 Å². The molecule has 1 aliphatic heterocycles. The fourth-order valence-corrected chi connectivity index (χ4v) is 3.49. The smallest absolute Gasteiger partial charge is 0.433 e. The monoisotopic (exact) mass is 441 g/mol. The zero-order valence-electron chi connectivity index (χ0n) is 17.8. The molecule has 31 heavy (non-hydrogen) atoms. The summed E-state index contributed by atoms with van der Waals surface area (Å²) >= 11 is 0. The Kier molecular flexibility index (Phi) is 6.71. The number of alkyl halides is 3. The van der Waals surface area contributed by atoms with E-state index in [4.69, 9.17) is 9.15 Å². The van der Waals surface area contributed by atoms with Crippen LogP contribution < -0.4 is 10.1 Å². The highest BCUT2D eigenvalue weighted by Gasteiger charge is 2.45. The lowest BCUT2D eigenvalue weighted by atomic mass is 9.94. The largest absolute Gasteiger partial charge is 0.480 e. The van der Waals surface area contributed by atoms with Crippen LogP contribution in [-0.2, 0) is 11.0 Å². The molecule has 0 aromatic carbocycles. The summed E-state index contributed by atoms with van der Waals surface area (Å²) in [7, 11) is 1.20. The summed E-state index contributed by atoms with van der Waals surface area (Å²) in [5, 5.41) is 10.4. The minimum absolute atomic E-state index is 0.00295. The maximum atomic E-state index is 12.8. The first-order valence-electron chi connectivity index (χ1n) is 10.3. The summed E-state index contributed by atoms with van der Waals surface area (Å²) < 4.78 is 48.7. The molecule has 1 N–H and O–H groups in total. The Morgan fingerprint density at radius 2 is 1.87 bits per heavy atom. The van der Waals surface area contributed by atoms with Crippen molar-refractivity contribution in [1.29, 1.82) is 0 Å². The van der Waals surface area contributed by atoms with Gasteiger partial charge >= 0.3 is 12.2 Å². The number of ether oxygens (including phenoxy) is 1. The van der Waals surface area contributed by atoms with Crippen LogP contribution in [0.15, 0.2) is 16.5 Å². The van der Waals surface area contributed by atoms with Gasteiger partial charge in [-0.2, -0.15) is 13.2 Å². The summed E-state index contributed by atoms with van der Waals surface area (Å²) in [5.41, 5.74) is -0.477. The van der Waals surface area contributed by atoms with Crippen molar-refractivity contribution in [3.05, 3.63) is 17.8 Å². The van der Waals surface area contributed by atoms with E-state index in [0.29, 0.717) is 5.41 Å². The van der Waals surface area contributed by atoms with E-state index in [0.717, 1.165) is 38.1 Å². The number of methoxy groups -OCH3 is 1. The predicted molar refractivity (Wildman–Crippen MR) is 106 cm³/mol. The van der Waals surface area contributed by atoms with E-state index >= 15 is 0 Å². The highest BCUT2D eigenvalue weighted by molar-refractivity contribution is 5.80. The van der Waals surface area contributed by atoms with Gasteiger partial charge in [-0.05, 0) is 43.2 Å². The SMILES string of the molecule is CC.COc1nc(C(F)(F)F)ccc1-c1nnc(NCC(=O)N2CCC3(CC2)CC3)o1. The first kappa shape index (κ1) is 22.8. The van der Waals surface area contributed by atoms with Gasteiger partial charge in [0, 0.05) is 13.1 Å². The van der Waals surface area contributed by atoms with Crippen LogP contribution in [0.5, 0.6) is 5.88 Å². The van der Waals surface area contributed by atoms with Crippen molar-refractivity contribution in [2.24, 2.45) is 5.41 Å². The third kappa shape index (κ3) is 5.26. The zero-order chi connectivity index (χ0) is 22.6. The molecule has 1 spiro atoms. The van der Waals surface area contributed by atoms with Crippen LogP contribution in [0.2, 0.25) is 0 Å². The van der Waals surface area contributed by atoms with Crippen LogP contribution in [0.4, 0.5) is 19.2 Å². The lowest BCUT2D eigenvalue weighted by Gasteiger charge is -2.32. The number of amides is 1. The van der Waals surface area contributed by atoms with Crippen LogP contribution >= 0.6 is 0 Å². The molecule has 0 unspecified atom stereocenters. The highest BCUT2D eigenvalue weighted by atomic mass is 19.4. The van der Waals surface area contributed by atoms with E-state index in [2.05, 4.69) is 20.5 Å². The molecule has 8 nitrogen and oxygen atoms in total. The number of anilines is 1. The average molecular weight is 441 g/mol. The van der Waals surface area contributed by atoms with E-state index in [-0.39, 0.29) is 35.8 Å². The third-order valence-corrected chi connectivity index (χ3v) is 5.52. The zero-order valence-corrected chi connectivity index (χ0v) is 17.8. The van der Waals surface area contributed by atoms with Gasteiger partial charge in [-0.15, -0.1) is 5.10 Å². The van der Waals surface area contributed by atoms with Gasteiger partial charge in [0.1, 0.15) is 11.3 Å². The number of likely N-dealkylation sites (tertiary alicyclic amines) is 1. The van der Waals surface area contributed by atoms with Gasteiger partial charge in [0.2, 0.25) is 11.8 Å². The van der Waals surface area contributed by atoms with Gasteiger partial charge in [0.05, 0.1) is 13.7 Å². The van der Waals surface area contributed by atoms with E-state index in [1.54, 1.807) is 0 Å². The minimum atomic E-state index is -4.60. The van der Waals surface area contributed by atoms with Crippen molar-refractivity contribution in [1.82, 2.24) is 20.1 Å². The summed E-state index contributed by atoms with van der Waals surface area (Å²) in [4.78, 5) is 17.6. The van der Waals surface area contributed by atoms with E-state index in [1.165, 1.54) is 20.0 Å². The molecule has 170 valence electrons. The van der Waals surface area contributed by atoms with Gasteiger partial charge in [-0.1, -0.05) is 18.9 Å². The molecule has 4 rings (SSSR count). The first-order chi connectivity index (χ1) is 14.8. The molecular formula is C20H26F3N5O3. The summed E-state index contributed by atoms with van der Waals surface area (Å²) in [5.74, 6) is -0.408. The normalized spacial score (nSPS) is 17.0. The molecule has 2 aromatic heterocycles. The summed E-state index contributed by atoms with van der Waals surface area (Å²) in [6.45, 7) is 5.51. The van der Waals surface area contributed by atoms with Crippen LogP contribution in [0.3, 0.4) is 0 Å². The Morgan fingerprint density at radius 3 is 2.45 bits per heavy atom. The fourth-order valence-electron chi connectivity index (χ4n) is 3.49. The number of hydrogen-bond acceptors (Lipinski definition) is 7. The van der Waals surface area contributed by atoms with Gasteiger partial charge in [-0.3, -0.25) is 4.79 Å². The Bertz CT molecular complexity index is 902. The molecule has 0 atom stereocenters. The maximum Gasteiger partial charge on any atom is 0.433 e. The number of nitrogens with zero attached hydrogens (tertiary/aromatic N) is 4. The standard InChI is InChI=1S/C18H20F3N5O3.C2H6/c1-28-14-11(2-3-12(23-14)18(19,20)21)15-24-25-16(29-15)22-10-13(27)26-8-6-17(4-5-17)7-9-26;1-2/h2-3H,4-10H2,1H3,(H,22,25);1-2H3. The highest BCUT2D eigenvalue weighted by Crippen LogP contribution is 2.53. The molecule has 3 heterocycles. The molecular weight excluding hydrogens is 415 g/mol. The topological polar surface area (TPSA) is 93.4 Å². The Labute approximate surface area is 178 Å². The minimum Gasteiger partial charge on any atom is -0.480 e. The molecule has 1 aliphatic carbocycles. The van der Waals surface area contributed by atoms with Crippen LogP contribution in [0.1, 0.15) is 45.2 Å². The van der Waals surface area contributed by atoms with Gasteiger partial charge in [0.15, 0.2) is 0 Å². The first-order valence-corrected chi connectivity index (χ1v) is 10.3. The number of carbonyl (C=O) groups is 1. The summed E-state index contributed by atoms with van der Waals surface area (Å²) in [6, 6.07) is 1.95. The molecule has 1 saturated carbocycles. The molecule has 2 aromatic rings. The molecule has 2 fully saturated rings. The fraction of sp³-hybridized carbons (Fsp3) is 0.600. The maximum absolute atomic E-state index is 12.8. The number of pyridine rings is 1. The summed E-state index contributed by atoms with van der Waals surface area (Å²) in [6.07, 6.45) is 0.0241. The number of nitrogens with one attached hydrogen (secondary N) is 1. The van der Waals surface area contributed by atoms with Crippen molar-refractivity contribution < 1.29 is 27.1 Å². The number of carbonyl (C=O) groups excluding carboxylic acids is 1. The van der Waals surface area contributed by atoms with E-state index in [1.807, 2.05) is 18.7 Å². The predicted octanol–water partition coefficient (Wildman–Crippen LogP) is 4.00. The van der Waals surface area contributed by atoms with Gasteiger partial charge in [-0.25, -0.2) is 4.98 Å². The number of aromatic nitrogens is 3. The molecule has 0 bridgehead atoms. The van der Waals surface area contributed by atoms with Crippen LogP contribution in [0, 0.1) is 5.41 Å². The molecule has 0 radical (unpaired) electrons. The molecule has 1 saturated heterocycles. The van der Waals surface area contributed by atoms with Crippen LogP contribution in [-0.4, -0.2) is 52.7 Å². The Hall–Kier alpha value is -2.85. The van der Waals surface area contributed by atoms with Crippen molar-refractivity contribution in [3.63, 3.8) is 0 Å². The second-order valence-electron chi connectivity index (χ2n) is 7.40. The second kappa shape index (κ2) is 9.11. The number of halogens is 3. The molecule has 1 amide bonds. The van der Waals surface area contributed by atoms with Crippen molar-refractivity contribution >= 4 is 11.9 Å².